The van der Waals surface area contributed by atoms with E-state index in [1.165, 1.54) is 37.4 Å². The minimum Gasteiger partial charge on any atom is -0.497 e. The van der Waals surface area contributed by atoms with Gasteiger partial charge in [-0.1, -0.05) is 36.4 Å². The van der Waals surface area contributed by atoms with Crippen molar-refractivity contribution in [3.05, 3.63) is 84.7 Å². The third kappa shape index (κ3) is 3.77. The van der Waals surface area contributed by atoms with Gasteiger partial charge in [-0.3, -0.25) is 0 Å². The average molecular weight is 424 g/mol. The summed E-state index contributed by atoms with van der Waals surface area (Å²) in [6.45, 7) is 0. The second-order valence-corrected chi connectivity index (χ2v) is 8.17. The number of methoxy groups -OCH3 is 1. The standard InChI is InChI=1S/C22H17FN2O4S/c1-28-16-9-7-8-15(14-16)24-21-22(30(26,27)17-10-3-2-4-11-17)25-20(29-21)18-12-5-6-13-19(18)23/h2-14,24H,1H3. The smallest absolute Gasteiger partial charge is 0.238 e. The number of hydrogen-bond donors (Lipinski definition) is 1. The van der Waals surface area contributed by atoms with Crippen LogP contribution >= 0.6 is 0 Å². The lowest BCUT2D eigenvalue weighted by atomic mass is 10.2. The molecule has 0 aliphatic heterocycles. The summed E-state index contributed by atoms with van der Waals surface area (Å²) in [4.78, 5) is 4.19. The molecule has 6 nitrogen and oxygen atoms in total. The zero-order valence-electron chi connectivity index (χ0n) is 15.9. The van der Waals surface area contributed by atoms with E-state index < -0.39 is 15.7 Å². The van der Waals surface area contributed by atoms with Crippen LogP contribution < -0.4 is 10.1 Å². The molecule has 1 N–H and O–H groups in total. The van der Waals surface area contributed by atoms with Crippen LogP contribution in [0.3, 0.4) is 0 Å². The van der Waals surface area contributed by atoms with Crippen LogP contribution in [-0.4, -0.2) is 20.5 Å². The maximum atomic E-state index is 14.3. The van der Waals surface area contributed by atoms with Crippen LogP contribution in [0.15, 0.2) is 93.2 Å². The molecular formula is C22H17FN2O4S. The predicted octanol–water partition coefficient (Wildman–Crippen LogP) is 5.07. The van der Waals surface area contributed by atoms with Crippen molar-refractivity contribution in [1.29, 1.82) is 0 Å². The number of ether oxygens (including phenoxy) is 1. The molecule has 152 valence electrons. The van der Waals surface area contributed by atoms with E-state index in [1.807, 2.05) is 0 Å². The van der Waals surface area contributed by atoms with Crippen LogP contribution in [0.5, 0.6) is 5.75 Å². The molecule has 0 fully saturated rings. The number of nitrogens with zero attached hydrogens (tertiary/aromatic N) is 1. The Morgan fingerprint density at radius 1 is 0.967 bits per heavy atom. The minimum absolute atomic E-state index is 0.0482. The van der Waals surface area contributed by atoms with E-state index in [1.54, 1.807) is 48.5 Å². The first-order valence-corrected chi connectivity index (χ1v) is 10.4. The van der Waals surface area contributed by atoms with Gasteiger partial charge >= 0.3 is 0 Å². The lowest BCUT2D eigenvalue weighted by Gasteiger charge is -2.07. The molecule has 30 heavy (non-hydrogen) atoms. The average Bonchev–Trinajstić information content (AvgIpc) is 3.19. The molecule has 0 aliphatic rings. The normalized spacial score (nSPS) is 11.3. The van der Waals surface area contributed by atoms with Gasteiger partial charge in [-0.05, 0) is 36.4 Å². The second kappa shape index (κ2) is 8.00. The number of oxazole rings is 1. The summed E-state index contributed by atoms with van der Waals surface area (Å²) in [5.41, 5.74) is 0.579. The van der Waals surface area contributed by atoms with Crippen LogP contribution in [0.2, 0.25) is 0 Å². The van der Waals surface area contributed by atoms with E-state index in [-0.39, 0.29) is 27.3 Å². The van der Waals surface area contributed by atoms with Gasteiger partial charge in [0.1, 0.15) is 11.6 Å². The number of hydrogen-bond acceptors (Lipinski definition) is 6. The summed E-state index contributed by atoms with van der Waals surface area (Å²) in [5.74, 6) is -0.269. The molecule has 0 amide bonds. The first-order valence-electron chi connectivity index (χ1n) is 8.96. The van der Waals surface area contributed by atoms with E-state index >= 15 is 0 Å². The van der Waals surface area contributed by atoms with E-state index in [2.05, 4.69) is 10.3 Å². The molecule has 0 saturated heterocycles. The van der Waals surface area contributed by atoms with Gasteiger partial charge in [0.2, 0.25) is 26.6 Å². The SMILES string of the molecule is COc1cccc(Nc2oc(-c3ccccc3F)nc2S(=O)(=O)c2ccccc2)c1. The van der Waals surface area contributed by atoms with Crippen molar-refractivity contribution < 1.29 is 22.0 Å². The monoisotopic (exact) mass is 424 g/mol. The number of aromatic nitrogens is 1. The summed E-state index contributed by atoms with van der Waals surface area (Å²) in [5, 5.41) is 2.58. The Hall–Kier alpha value is -3.65. The summed E-state index contributed by atoms with van der Waals surface area (Å²) in [6.07, 6.45) is 0. The number of nitrogens with one attached hydrogen (secondary N) is 1. The fraction of sp³-hybridized carbons (Fsp3) is 0.0455. The molecule has 0 spiro atoms. The Morgan fingerprint density at radius 3 is 2.43 bits per heavy atom. The highest BCUT2D eigenvalue weighted by atomic mass is 32.2. The van der Waals surface area contributed by atoms with Crippen molar-refractivity contribution in [2.24, 2.45) is 0 Å². The van der Waals surface area contributed by atoms with Gasteiger partial charge in [0.05, 0.1) is 17.6 Å². The first kappa shape index (κ1) is 19.7. The first-order chi connectivity index (χ1) is 14.5. The van der Waals surface area contributed by atoms with Crippen molar-refractivity contribution in [1.82, 2.24) is 4.98 Å². The van der Waals surface area contributed by atoms with Crippen LogP contribution in [0.25, 0.3) is 11.5 Å². The highest BCUT2D eigenvalue weighted by molar-refractivity contribution is 7.91. The molecule has 4 rings (SSSR count). The quantitative estimate of drug-likeness (QED) is 0.466. The van der Waals surface area contributed by atoms with Gasteiger partial charge in [0.15, 0.2) is 0 Å². The fourth-order valence-electron chi connectivity index (χ4n) is 2.86. The number of sulfone groups is 1. The number of benzene rings is 3. The van der Waals surface area contributed by atoms with Crippen molar-refractivity contribution in [2.75, 3.05) is 12.4 Å². The van der Waals surface area contributed by atoms with E-state index in [0.717, 1.165) is 0 Å². The Kier molecular flexibility index (Phi) is 5.24. The van der Waals surface area contributed by atoms with E-state index in [4.69, 9.17) is 9.15 Å². The third-order valence-corrected chi connectivity index (χ3v) is 6.01. The van der Waals surface area contributed by atoms with Crippen molar-refractivity contribution in [3.63, 3.8) is 0 Å². The molecule has 1 aromatic heterocycles. The Morgan fingerprint density at radius 2 is 1.70 bits per heavy atom. The van der Waals surface area contributed by atoms with Crippen LogP contribution in [0.4, 0.5) is 16.0 Å². The van der Waals surface area contributed by atoms with Crippen molar-refractivity contribution in [2.45, 2.75) is 9.92 Å². The van der Waals surface area contributed by atoms with Crippen molar-refractivity contribution >= 4 is 21.4 Å². The third-order valence-electron chi connectivity index (χ3n) is 4.34. The maximum Gasteiger partial charge on any atom is 0.238 e. The highest BCUT2D eigenvalue weighted by Gasteiger charge is 2.29. The molecule has 0 atom stereocenters. The van der Waals surface area contributed by atoms with Crippen LogP contribution in [-0.2, 0) is 9.84 Å². The van der Waals surface area contributed by atoms with Crippen molar-refractivity contribution in [3.8, 4) is 17.2 Å². The lowest BCUT2D eigenvalue weighted by molar-refractivity contribution is 0.415. The van der Waals surface area contributed by atoms with Gasteiger partial charge in [-0.25, -0.2) is 12.8 Å². The zero-order valence-corrected chi connectivity index (χ0v) is 16.7. The minimum atomic E-state index is -4.03. The van der Waals surface area contributed by atoms with Gasteiger partial charge in [0, 0.05) is 11.8 Å². The van der Waals surface area contributed by atoms with Crippen LogP contribution in [0, 0.1) is 5.82 Å². The Labute approximate surface area is 172 Å². The summed E-state index contributed by atoms with van der Waals surface area (Å²) >= 11 is 0. The molecule has 0 radical (unpaired) electrons. The van der Waals surface area contributed by atoms with Gasteiger partial charge in [-0.2, -0.15) is 4.98 Å². The fourth-order valence-corrected chi connectivity index (χ4v) is 4.14. The molecule has 4 aromatic rings. The predicted molar refractivity (Wildman–Crippen MR) is 110 cm³/mol. The lowest BCUT2D eigenvalue weighted by Crippen LogP contribution is -2.05. The number of rotatable bonds is 6. The molecule has 0 saturated carbocycles. The van der Waals surface area contributed by atoms with E-state index in [9.17, 15) is 12.8 Å². The maximum absolute atomic E-state index is 14.3. The summed E-state index contributed by atoms with van der Waals surface area (Å²) in [6, 6.07) is 20.6. The van der Waals surface area contributed by atoms with Gasteiger partial charge < -0.3 is 14.5 Å². The summed E-state index contributed by atoms with van der Waals surface area (Å²) in [7, 11) is -2.50. The molecular weight excluding hydrogens is 407 g/mol. The molecule has 0 unspecified atom stereocenters. The second-order valence-electron chi connectivity index (χ2n) is 6.31. The summed E-state index contributed by atoms with van der Waals surface area (Å²) < 4.78 is 51.6. The topological polar surface area (TPSA) is 81.4 Å². The number of anilines is 2. The Bertz CT molecular complexity index is 1290. The molecule has 1 heterocycles. The molecule has 3 aromatic carbocycles. The van der Waals surface area contributed by atoms with Gasteiger partial charge in [0.25, 0.3) is 0 Å². The molecule has 0 bridgehead atoms. The number of halogens is 1. The highest BCUT2D eigenvalue weighted by Crippen LogP contribution is 2.35. The molecule has 0 aliphatic carbocycles. The zero-order chi connectivity index (χ0) is 21.1. The van der Waals surface area contributed by atoms with E-state index in [0.29, 0.717) is 11.4 Å². The van der Waals surface area contributed by atoms with Gasteiger partial charge in [-0.15, -0.1) is 0 Å². The Balaban J connectivity index is 1.86. The largest absolute Gasteiger partial charge is 0.497 e. The van der Waals surface area contributed by atoms with Crippen LogP contribution in [0.1, 0.15) is 0 Å². The molecule has 8 heteroatoms.